The molecule has 1 aromatic heterocycles. The molecule has 1 amide bonds. The number of piperidine rings is 1. The standard InChI is InChI=1S/C21H27N5O4S/c1-30-18-3-5-19(6-4-18)31(28,29)26-11-7-17(8-12-26)20(27)24-13-15-25(16-14-24)21-22-9-2-10-23-21/h2-6,9-10,17H,7-8,11-16H2,1H3. The lowest BCUT2D eigenvalue weighted by molar-refractivity contribution is -0.137. The summed E-state index contributed by atoms with van der Waals surface area (Å²) in [6.45, 7) is 3.34. The van der Waals surface area contributed by atoms with E-state index in [9.17, 15) is 13.2 Å². The van der Waals surface area contributed by atoms with E-state index in [1.165, 1.54) is 4.31 Å². The highest BCUT2D eigenvalue weighted by Gasteiger charge is 2.34. The van der Waals surface area contributed by atoms with Gasteiger partial charge in [0, 0.05) is 57.6 Å². The molecular weight excluding hydrogens is 418 g/mol. The molecule has 2 aliphatic rings. The summed E-state index contributed by atoms with van der Waals surface area (Å²) in [5.74, 6) is 1.28. The number of aromatic nitrogens is 2. The van der Waals surface area contributed by atoms with E-state index in [2.05, 4.69) is 14.9 Å². The van der Waals surface area contributed by atoms with E-state index < -0.39 is 10.0 Å². The summed E-state index contributed by atoms with van der Waals surface area (Å²) in [5, 5.41) is 0. The second kappa shape index (κ2) is 9.19. The van der Waals surface area contributed by atoms with Gasteiger partial charge in [-0.25, -0.2) is 18.4 Å². The van der Waals surface area contributed by atoms with Crippen molar-refractivity contribution >= 4 is 21.9 Å². The van der Waals surface area contributed by atoms with E-state index in [0.29, 0.717) is 63.8 Å². The van der Waals surface area contributed by atoms with Crippen molar-refractivity contribution in [3.63, 3.8) is 0 Å². The molecule has 0 bridgehead atoms. The van der Waals surface area contributed by atoms with Gasteiger partial charge in [0.25, 0.3) is 0 Å². The van der Waals surface area contributed by atoms with Crippen molar-refractivity contribution in [2.75, 3.05) is 51.3 Å². The molecule has 0 spiro atoms. The van der Waals surface area contributed by atoms with Crippen LogP contribution in [0.15, 0.2) is 47.6 Å². The van der Waals surface area contributed by atoms with Gasteiger partial charge < -0.3 is 14.5 Å². The number of nitrogens with zero attached hydrogens (tertiary/aromatic N) is 5. The third kappa shape index (κ3) is 4.64. The van der Waals surface area contributed by atoms with Crippen LogP contribution in [0.2, 0.25) is 0 Å². The Morgan fingerprint density at radius 2 is 1.58 bits per heavy atom. The predicted molar refractivity (Wildman–Crippen MR) is 115 cm³/mol. The molecule has 2 saturated heterocycles. The van der Waals surface area contributed by atoms with Crippen LogP contribution in [-0.2, 0) is 14.8 Å². The Hall–Kier alpha value is -2.72. The maximum absolute atomic E-state index is 13.0. The molecule has 0 N–H and O–H groups in total. The van der Waals surface area contributed by atoms with Gasteiger partial charge in [-0.1, -0.05) is 0 Å². The van der Waals surface area contributed by atoms with E-state index in [4.69, 9.17) is 4.74 Å². The second-order valence-corrected chi connectivity index (χ2v) is 9.65. The molecule has 0 aliphatic carbocycles. The van der Waals surface area contributed by atoms with Crippen LogP contribution in [0.5, 0.6) is 5.75 Å². The van der Waals surface area contributed by atoms with Crippen LogP contribution >= 0.6 is 0 Å². The highest BCUT2D eigenvalue weighted by Crippen LogP contribution is 2.26. The zero-order valence-electron chi connectivity index (χ0n) is 17.6. The van der Waals surface area contributed by atoms with E-state index in [0.717, 1.165) is 0 Å². The van der Waals surface area contributed by atoms with E-state index in [-0.39, 0.29) is 16.7 Å². The normalized spacial score (nSPS) is 18.7. The molecule has 1 aromatic carbocycles. The Labute approximate surface area is 182 Å². The minimum Gasteiger partial charge on any atom is -0.497 e. The fourth-order valence-electron chi connectivity index (χ4n) is 4.08. The zero-order chi connectivity index (χ0) is 21.8. The van der Waals surface area contributed by atoms with Crippen molar-refractivity contribution in [3.8, 4) is 5.75 Å². The van der Waals surface area contributed by atoms with Gasteiger partial charge in [0.05, 0.1) is 12.0 Å². The van der Waals surface area contributed by atoms with Crippen LogP contribution < -0.4 is 9.64 Å². The van der Waals surface area contributed by atoms with Gasteiger partial charge in [-0.3, -0.25) is 4.79 Å². The summed E-state index contributed by atoms with van der Waals surface area (Å²) in [6.07, 6.45) is 4.51. The summed E-state index contributed by atoms with van der Waals surface area (Å²) in [5.41, 5.74) is 0. The average Bonchev–Trinajstić information content (AvgIpc) is 2.84. The highest BCUT2D eigenvalue weighted by molar-refractivity contribution is 7.89. The predicted octanol–water partition coefficient (Wildman–Crippen LogP) is 1.23. The lowest BCUT2D eigenvalue weighted by Gasteiger charge is -2.38. The molecule has 3 heterocycles. The van der Waals surface area contributed by atoms with Crippen molar-refractivity contribution in [2.24, 2.45) is 5.92 Å². The molecule has 0 atom stereocenters. The number of hydrogen-bond donors (Lipinski definition) is 0. The fourth-order valence-corrected chi connectivity index (χ4v) is 5.55. The van der Waals surface area contributed by atoms with Crippen LogP contribution in [0.3, 0.4) is 0 Å². The number of ether oxygens (including phenoxy) is 1. The number of methoxy groups -OCH3 is 1. The molecular formula is C21H27N5O4S. The van der Waals surface area contributed by atoms with Crippen LogP contribution in [-0.4, -0.2) is 79.9 Å². The minimum absolute atomic E-state index is 0.120. The topological polar surface area (TPSA) is 95.9 Å². The molecule has 2 fully saturated rings. The first-order valence-corrected chi connectivity index (χ1v) is 11.9. The Bertz CT molecular complexity index is 984. The van der Waals surface area contributed by atoms with Crippen molar-refractivity contribution < 1.29 is 17.9 Å². The average molecular weight is 446 g/mol. The quantitative estimate of drug-likeness (QED) is 0.683. The fraction of sp³-hybridized carbons (Fsp3) is 0.476. The molecule has 2 aliphatic heterocycles. The van der Waals surface area contributed by atoms with Crippen molar-refractivity contribution in [3.05, 3.63) is 42.7 Å². The number of carbonyl (C=O) groups is 1. The van der Waals surface area contributed by atoms with Gasteiger partial charge in [-0.2, -0.15) is 4.31 Å². The minimum atomic E-state index is -3.57. The smallest absolute Gasteiger partial charge is 0.243 e. The van der Waals surface area contributed by atoms with Crippen LogP contribution in [0.1, 0.15) is 12.8 Å². The summed E-state index contributed by atoms with van der Waals surface area (Å²) in [4.78, 5) is 25.7. The van der Waals surface area contributed by atoms with Crippen LogP contribution in [0.4, 0.5) is 5.95 Å². The highest BCUT2D eigenvalue weighted by atomic mass is 32.2. The molecule has 2 aromatic rings. The molecule has 166 valence electrons. The molecule has 9 nitrogen and oxygen atoms in total. The number of benzene rings is 1. The van der Waals surface area contributed by atoms with Crippen molar-refractivity contribution in [1.82, 2.24) is 19.2 Å². The SMILES string of the molecule is COc1ccc(S(=O)(=O)N2CCC(C(=O)N3CCN(c4ncccn4)CC3)CC2)cc1. The zero-order valence-corrected chi connectivity index (χ0v) is 18.4. The molecule has 0 radical (unpaired) electrons. The van der Waals surface area contributed by atoms with Gasteiger partial charge in [0.1, 0.15) is 5.75 Å². The number of carbonyl (C=O) groups excluding carboxylic acids is 1. The molecule has 10 heteroatoms. The number of hydrogen-bond acceptors (Lipinski definition) is 7. The first-order chi connectivity index (χ1) is 15.0. The number of amides is 1. The van der Waals surface area contributed by atoms with Gasteiger partial charge in [-0.15, -0.1) is 0 Å². The van der Waals surface area contributed by atoms with Gasteiger partial charge in [-0.05, 0) is 43.2 Å². The lowest BCUT2D eigenvalue weighted by Crippen LogP contribution is -2.52. The van der Waals surface area contributed by atoms with E-state index >= 15 is 0 Å². The summed E-state index contributed by atoms with van der Waals surface area (Å²) >= 11 is 0. The lowest BCUT2D eigenvalue weighted by atomic mass is 9.96. The number of piperazine rings is 1. The Kier molecular flexibility index (Phi) is 6.38. The Morgan fingerprint density at radius 1 is 0.968 bits per heavy atom. The monoisotopic (exact) mass is 445 g/mol. The van der Waals surface area contributed by atoms with Crippen molar-refractivity contribution in [1.29, 1.82) is 0 Å². The van der Waals surface area contributed by atoms with Crippen molar-refractivity contribution in [2.45, 2.75) is 17.7 Å². The first kappa shape index (κ1) is 21.5. The largest absolute Gasteiger partial charge is 0.497 e. The van der Waals surface area contributed by atoms with Crippen LogP contribution in [0.25, 0.3) is 0 Å². The Morgan fingerprint density at radius 3 is 2.16 bits per heavy atom. The second-order valence-electron chi connectivity index (χ2n) is 7.72. The first-order valence-electron chi connectivity index (χ1n) is 10.4. The maximum Gasteiger partial charge on any atom is 0.243 e. The molecule has 31 heavy (non-hydrogen) atoms. The van der Waals surface area contributed by atoms with E-state index in [1.54, 1.807) is 49.8 Å². The number of sulfonamides is 1. The van der Waals surface area contributed by atoms with E-state index in [1.807, 2.05) is 4.90 Å². The summed E-state index contributed by atoms with van der Waals surface area (Å²) in [7, 11) is -2.02. The third-order valence-corrected chi connectivity index (χ3v) is 7.84. The van der Waals surface area contributed by atoms with Gasteiger partial charge in [0.15, 0.2) is 0 Å². The summed E-state index contributed by atoms with van der Waals surface area (Å²) < 4.78 is 32.4. The van der Waals surface area contributed by atoms with Crippen LogP contribution in [0, 0.1) is 5.92 Å². The number of anilines is 1. The Balaban J connectivity index is 1.31. The molecule has 0 unspecified atom stereocenters. The molecule has 4 rings (SSSR count). The third-order valence-electron chi connectivity index (χ3n) is 5.93. The number of rotatable bonds is 5. The maximum atomic E-state index is 13.0. The summed E-state index contributed by atoms with van der Waals surface area (Å²) in [6, 6.07) is 8.18. The van der Waals surface area contributed by atoms with Gasteiger partial charge in [0.2, 0.25) is 21.9 Å². The molecule has 0 saturated carbocycles. The van der Waals surface area contributed by atoms with Gasteiger partial charge >= 0.3 is 0 Å².